The SMILES string of the molecule is CCCN(Cc1cc(Cl)ccc1Cl)c1cccc(N)c1. The fourth-order valence-electron chi connectivity index (χ4n) is 2.16. The maximum Gasteiger partial charge on any atom is 0.0456 e. The molecule has 2 nitrogen and oxygen atoms in total. The molecule has 20 heavy (non-hydrogen) atoms. The highest BCUT2D eigenvalue weighted by molar-refractivity contribution is 6.33. The number of anilines is 2. The minimum Gasteiger partial charge on any atom is -0.399 e. The van der Waals surface area contributed by atoms with E-state index in [1.165, 1.54) is 0 Å². The van der Waals surface area contributed by atoms with Crippen molar-refractivity contribution in [3.8, 4) is 0 Å². The number of hydrogen-bond acceptors (Lipinski definition) is 2. The first-order valence-corrected chi connectivity index (χ1v) is 7.40. The molecule has 4 heteroatoms. The van der Waals surface area contributed by atoms with Crippen molar-refractivity contribution in [1.29, 1.82) is 0 Å². The molecule has 2 rings (SSSR count). The van der Waals surface area contributed by atoms with E-state index >= 15 is 0 Å². The summed E-state index contributed by atoms with van der Waals surface area (Å²) in [4.78, 5) is 2.26. The molecule has 0 unspecified atom stereocenters. The first kappa shape index (κ1) is 15.0. The molecule has 0 aliphatic carbocycles. The van der Waals surface area contributed by atoms with Gasteiger partial charge in [-0.05, 0) is 48.4 Å². The van der Waals surface area contributed by atoms with Gasteiger partial charge in [0, 0.05) is 34.5 Å². The molecule has 106 valence electrons. The molecule has 0 bridgehead atoms. The maximum absolute atomic E-state index is 6.25. The van der Waals surface area contributed by atoms with E-state index in [9.17, 15) is 0 Å². The molecule has 2 aromatic rings. The molecule has 0 radical (unpaired) electrons. The van der Waals surface area contributed by atoms with Crippen molar-refractivity contribution in [1.82, 2.24) is 0 Å². The summed E-state index contributed by atoms with van der Waals surface area (Å²) in [6.45, 7) is 3.81. The summed E-state index contributed by atoms with van der Waals surface area (Å²) in [6, 6.07) is 13.4. The van der Waals surface area contributed by atoms with Crippen LogP contribution in [0.25, 0.3) is 0 Å². The van der Waals surface area contributed by atoms with Crippen molar-refractivity contribution in [3.63, 3.8) is 0 Å². The van der Waals surface area contributed by atoms with Gasteiger partial charge >= 0.3 is 0 Å². The van der Waals surface area contributed by atoms with Crippen molar-refractivity contribution in [2.45, 2.75) is 19.9 Å². The van der Waals surface area contributed by atoms with Crippen molar-refractivity contribution >= 4 is 34.6 Å². The van der Waals surface area contributed by atoms with Gasteiger partial charge in [0.25, 0.3) is 0 Å². The topological polar surface area (TPSA) is 29.3 Å². The molecule has 0 spiro atoms. The van der Waals surface area contributed by atoms with E-state index in [4.69, 9.17) is 28.9 Å². The van der Waals surface area contributed by atoms with E-state index in [2.05, 4.69) is 17.9 Å². The molecule has 0 aliphatic rings. The Hall–Kier alpha value is -1.38. The molecule has 0 saturated heterocycles. The number of rotatable bonds is 5. The molecular weight excluding hydrogens is 291 g/mol. The summed E-state index contributed by atoms with van der Waals surface area (Å²) in [6.07, 6.45) is 1.05. The lowest BCUT2D eigenvalue weighted by Gasteiger charge is -2.25. The lowest BCUT2D eigenvalue weighted by atomic mass is 10.1. The Kier molecular flexibility index (Phi) is 5.16. The number of halogens is 2. The van der Waals surface area contributed by atoms with Gasteiger partial charge in [-0.1, -0.05) is 36.2 Å². The molecule has 0 saturated carbocycles. The van der Waals surface area contributed by atoms with Crippen LogP contribution >= 0.6 is 23.2 Å². The molecule has 2 N–H and O–H groups in total. The van der Waals surface area contributed by atoms with Gasteiger partial charge in [-0.3, -0.25) is 0 Å². The standard InChI is InChI=1S/C16H18Cl2N2/c1-2-8-20(15-5-3-4-14(19)10-15)11-12-9-13(17)6-7-16(12)18/h3-7,9-10H,2,8,11,19H2,1H3. The molecule has 2 aromatic carbocycles. The van der Waals surface area contributed by atoms with E-state index in [0.29, 0.717) is 5.02 Å². The average molecular weight is 309 g/mol. The average Bonchev–Trinajstić information content (AvgIpc) is 2.42. The quantitative estimate of drug-likeness (QED) is 0.788. The van der Waals surface area contributed by atoms with Crippen LogP contribution < -0.4 is 10.6 Å². The Balaban J connectivity index is 2.27. The van der Waals surface area contributed by atoms with Crippen LogP contribution in [0.1, 0.15) is 18.9 Å². The number of nitrogens with zero attached hydrogens (tertiary/aromatic N) is 1. The number of nitrogen functional groups attached to an aromatic ring is 1. The first-order valence-electron chi connectivity index (χ1n) is 6.64. The normalized spacial score (nSPS) is 10.6. The van der Waals surface area contributed by atoms with Crippen molar-refractivity contribution in [2.75, 3.05) is 17.2 Å². The molecule has 0 aromatic heterocycles. The minimum absolute atomic E-state index is 0.702. The lowest BCUT2D eigenvalue weighted by Crippen LogP contribution is -2.23. The van der Waals surface area contributed by atoms with E-state index in [-0.39, 0.29) is 0 Å². The Morgan fingerprint density at radius 3 is 2.60 bits per heavy atom. The van der Waals surface area contributed by atoms with E-state index in [1.807, 2.05) is 30.3 Å². The maximum atomic E-state index is 6.25. The van der Waals surface area contributed by atoms with Crippen LogP contribution in [0.4, 0.5) is 11.4 Å². The van der Waals surface area contributed by atoms with Crippen LogP contribution in [0.5, 0.6) is 0 Å². The van der Waals surface area contributed by atoms with Gasteiger partial charge in [0.1, 0.15) is 0 Å². The van der Waals surface area contributed by atoms with Crippen LogP contribution in [0.2, 0.25) is 10.0 Å². The fraction of sp³-hybridized carbons (Fsp3) is 0.250. The molecule has 0 heterocycles. The third-order valence-electron chi connectivity index (χ3n) is 3.10. The van der Waals surface area contributed by atoms with E-state index < -0.39 is 0 Å². The van der Waals surface area contributed by atoms with E-state index in [1.54, 1.807) is 6.07 Å². The van der Waals surface area contributed by atoms with Crippen LogP contribution in [-0.2, 0) is 6.54 Å². The Morgan fingerprint density at radius 1 is 1.10 bits per heavy atom. The summed E-state index contributed by atoms with van der Waals surface area (Å²) in [7, 11) is 0. The van der Waals surface area contributed by atoms with Gasteiger partial charge in [0.2, 0.25) is 0 Å². The van der Waals surface area contributed by atoms with Gasteiger partial charge in [-0.15, -0.1) is 0 Å². The predicted molar refractivity (Wildman–Crippen MR) is 88.7 cm³/mol. The second-order valence-corrected chi connectivity index (χ2v) is 5.60. The smallest absolute Gasteiger partial charge is 0.0456 e. The Morgan fingerprint density at radius 2 is 1.90 bits per heavy atom. The summed E-state index contributed by atoms with van der Waals surface area (Å²) in [5, 5.41) is 1.44. The first-order chi connectivity index (χ1) is 9.60. The van der Waals surface area contributed by atoms with E-state index in [0.717, 1.165) is 41.5 Å². The zero-order valence-electron chi connectivity index (χ0n) is 11.4. The van der Waals surface area contributed by atoms with Gasteiger partial charge in [0.15, 0.2) is 0 Å². The summed E-state index contributed by atoms with van der Waals surface area (Å²) in [5.74, 6) is 0. The van der Waals surface area contributed by atoms with Crippen LogP contribution in [0.3, 0.4) is 0 Å². The minimum atomic E-state index is 0.702. The van der Waals surface area contributed by atoms with Crippen LogP contribution in [0, 0.1) is 0 Å². The molecule has 0 amide bonds. The number of nitrogens with two attached hydrogens (primary N) is 1. The molecule has 0 fully saturated rings. The zero-order chi connectivity index (χ0) is 14.5. The van der Waals surface area contributed by atoms with Gasteiger partial charge in [0.05, 0.1) is 0 Å². The monoisotopic (exact) mass is 308 g/mol. The second kappa shape index (κ2) is 6.87. The van der Waals surface area contributed by atoms with Crippen molar-refractivity contribution in [2.24, 2.45) is 0 Å². The second-order valence-electron chi connectivity index (χ2n) is 4.75. The van der Waals surface area contributed by atoms with Crippen LogP contribution in [0.15, 0.2) is 42.5 Å². The summed E-state index contributed by atoms with van der Waals surface area (Å²) < 4.78 is 0. The lowest BCUT2D eigenvalue weighted by molar-refractivity contribution is 0.768. The van der Waals surface area contributed by atoms with Gasteiger partial charge in [-0.2, -0.15) is 0 Å². The number of benzene rings is 2. The van der Waals surface area contributed by atoms with Crippen molar-refractivity contribution < 1.29 is 0 Å². The Bertz CT molecular complexity index is 584. The largest absolute Gasteiger partial charge is 0.399 e. The summed E-state index contributed by atoms with van der Waals surface area (Å²) in [5.41, 5.74) is 8.75. The summed E-state index contributed by atoms with van der Waals surface area (Å²) >= 11 is 12.3. The predicted octanol–water partition coefficient (Wildman–Crippen LogP) is 4.99. The van der Waals surface area contributed by atoms with Crippen LogP contribution in [-0.4, -0.2) is 6.54 Å². The zero-order valence-corrected chi connectivity index (χ0v) is 13.0. The van der Waals surface area contributed by atoms with Crippen molar-refractivity contribution in [3.05, 3.63) is 58.1 Å². The molecule has 0 aliphatic heterocycles. The van der Waals surface area contributed by atoms with Gasteiger partial charge < -0.3 is 10.6 Å². The highest BCUT2D eigenvalue weighted by Crippen LogP contribution is 2.25. The fourth-order valence-corrected chi connectivity index (χ4v) is 2.53. The third-order valence-corrected chi connectivity index (χ3v) is 3.70. The third kappa shape index (κ3) is 3.81. The highest BCUT2D eigenvalue weighted by atomic mass is 35.5. The number of hydrogen-bond donors (Lipinski definition) is 1. The highest BCUT2D eigenvalue weighted by Gasteiger charge is 2.10. The molecular formula is C16H18Cl2N2. The molecule has 0 atom stereocenters. The Labute approximate surface area is 130 Å². The van der Waals surface area contributed by atoms with Gasteiger partial charge in [-0.25, -0.2) is 0 Å².